The molecular weight excluding hydrogens is 314 g/mol. The van der Waals surface area contributed by atoms with Gasteiger partial charge in [0.2, 0.25) is 0 Å². The maximum Gasteiger partial charge on any atom is 0.258 e. The van der Waals surface area contributed by atoms with Crippen LogP contribution < -0.4 is 14.8 Å². The van der Waals surface area contributed by atoms with Crippen LogP contribution in [-0.2, 0) is 4.79 Å². The Morgan fingerprint density at radius 2 is 2.08 bits per heavy atom. The molecule has 132 valence electrons. The van der Waals surface area contributed by atoms with Crippen molar-refractivity contribution in [3.05, 3.63) is 17.7 Å². The Morgan fingerprint density at radius 3 is 2.71 bits per heavy atom. The summed E-state index contributed by atoms with van der Waals surface area (Å²) in [5.41, 5.74) is -1.29. The number of hydrogen-bond acceptors (Lipinski definition) is 6. The molecule has 1 aliphatic heterocycles. The fourth-order valence-electron chi connectivity index (χ4n) is 2.43. The number of phenolic OH excluding ortho intramolecular Hbond substituents is 1. The van der Waals surface area contributed by atoms with Crippen LogP contribution in [0.5, 0.6) is 17.2 Å². The Morgan fingerprint density at radius 1 is 1.42 bits per heavy atom. The maximum atomic E-state index is 12.1. The summed E-state index contributed by atoms with van der Waals surface area (Å²) in [7, 11) is 0. The lowest BCUT2D eigenvalue weighted by molar-refractivity contribution is -0.125. The molecule has 2 rings (SSSR count). The molecule has 1 heterocycles. The zero-order valence-electron chi connectivity index (χ0n) is 14.3. The van der Waals surface area contributed by atoms with Crippen LogP contribution >= 0.6 is 0 Å². The van der Waals surface area contributed by atoms with E-state index in [0.29, 0.717) is 0 Å². The standard InChI is InChI=1S/C17H23NO6/c1-16(2,9-19)18-14(22)8-23-10-5-11(20)15-12(21)7-17(3,4)24-13(15)6-10/h5-6,19-20H,7-9H2,1-4H3,(H,18,22). The third-order valence-electron chi connectivity index (χ3n) is 3.55. The molecule has 0 saturated heterocycles. The van der Waals surface area contributed by atoms with Crippen LogP contribution in [0.1, 0.15) is 44.5 Å². The number of rotatable bonds is 5. The van der Waals surface area contributed by atoms with Gasteiger partial charge in [0.1, 0.15) is 28.4 Å². The van der Waals surface area contributed by atoms with E-state index < -0.39 is 17.0 Å². The Bertz CT molecular complexity index is 665. The van der Waals surface area contributed by atoms with Crippen LogP contribution in [0.25, 0.3) is 0 Å². The van der Waals surface area contributed by atoms with Gasteiger partial charge in [-0.25, -0.2) is 0 Å². The third-order valence-corrected chi connectivity index (χ3v) is 3.55. The molecule has 1 aromatic rings. The highest BCUT2D eigenvalue weighted by molar-refractivity contribution is 6.03. The van der Waals surface area contributed by atoms with Gasteiger partial charge in [0.15, 0.2) is 12.4 Å². The smallest absolute Gasteiger partial charge is 0.258 e. The molecule has 1 aromatic carbocycles. The van der Waals surface area contributed by atoms with Crippen LogP contribution in [0.3, 0.4) is 0 Å². The number of benzene rings is 1. The predicted octanol–water partition coefficient (Wildman–Crippen LogP) is 1.40. The number of aliphatic hydroxyl groups excluding tert-OH is 1. The van der Waals surface area contributed by atoms with E-state index in [0.717, 1.165) is 0 Å². The first-order chi connectivity index (χ1) is 11.0. The van der Waals surface area contributed by atoms with Gasteiger partial charge in [-0.05, 0) is 27.7 Å². The van der Waals surface area contributed by atoms with Gasteiger partial charge in [0.05, 0.1) is 18.6 Å². The zero-order valence-corrected chi connectivity index (χ0v) is 14.3. The minimum Gasteiger partial charge on any atom is -0.507 e. The van der Waals surface area contributed by atoms with E-state index in [1.807, 2.05) is 0 Å². The molecule has 0 aromatic heterocycles. The second kappa shape index (κ2) is 6.32. The third kappa shape index (κ3) is 4.17. The van der Waals surface area contributed by atoms with E-state index in [-0.39, 0.29) is 48.2 Å². The molecule has 0 saturated carbocycles. The highest BCUT2D eigenvalue weighted by atomic mass is 16.5. The van der Waals surface area contributed by atoms with Crippen molar-refractivity contribution in [1.29, 1.82) is 0 Å². The second-order valence-corrected chi connectivity index (χ2v) is 7.16. The first kappa shape index (κ1) is 18.1. The van der Waals surface area contributed by atoms with E-state index in [4.69, 9.17) is 14.6 Å². The van der Waals surface area contributed by atoms with E-state index >= 15 is 0 Å². The first-order valence-corrected chi connectivity index (χ1v) is 7.67. The number of ketones is 1. The van der Waals surface area contributed by atoms with Gasteiger partial charge in [-0.3, -0.25) is 9.59 Å². The fourth-order valence-corrected chi connectivity index (χ4v) is 2.43. The molecule has 0 spiro atoms. The number of nitrogens with one attached hydrogen (secondary N) is 1. The minimum atomic E-state index is -0.752. The summed E-state index contributed by atoms with van der Waals surface area (Å²) in [5, 5.41) is 21.8. The SMILES string of the molecule is CC(C)(CO)NC(=O)COc1cc(O)c2c(c1)OC(C)(C)CC2=O. The van der Waals surface area contributed by atoms with E-state index in [1.54, 1.807) is 27.7 Å². The highest BCUT2D eigenvalue weighted by Gasteiger charge is 2.35. The van der Waals surface area contributed by atoms with Crippen molar-refractivity contribution in [2.75, 3.05) is 13.2 Å². The minimum absolute atomic E-state index is 0.132. The molecule has 0 radical (unpaired) electrons. The summed E-state index contributed by atoms with van der Waals surface area (Å²) >= 11 is 0. The van der Waals surface area contributed by atoms with Crippen molar-refractivity contribution in [2.24, 2.45) is 0 Å². The average molecular weight is 337 g/mol. The van der Waals surface area contributed by atoms with E-state index in [2.05, 4.69) is 5.32 Å². The Labute approximate surface area is 140 Å². The molecular formula is C17H23NO6. The van der Waals surface area contributed by atoms with Gasteiger partial charge < -0.3 is 25.0 Å². The molecule has 0 fully saturated rings. The lowest BCUT2D eigenvalue weighted by Gasteiger charge is -2.32. The van der Waals surface area contributed by atoms with Crippen molar-refractivity contribution in [1.82, 2.24) is 5.32 Å². The highest BCUT2D eigenvalue weighted by Crippen LogP contribution is 2.40. The Kier molecular flexibility index (Phi) is 4.75. The number of phenols is 1. The molecule has 3 N–H and O–H groups in total. The number of ether oxygens (including phenoxy) is 2. The molecule has 0 unspecified atom stereocenters. The van der Waals surface area contributed by atoms with Gasteiger partial charge in [0, 0.05) is 12.1 Å². The van der Waals surface area contributed by atoms with Crippen LogP contribution in [-0.4, -0.2) is 46.3 Å². The number of aliphatic hydroxyl groups is 1. The summed E-state index contributed by atoms with van der Waals surface area (Å²) < 4.78 is 11.1. The molecule has 0 aliphatic carbocycles. The molecule has 0 bridgehead atoms. The molecule has 1 amide bonds. The Hall–Kier alpha value is -2.28. The van der Waals surface area contributed by atoms with Crippen LogP contribution in [0.4, 0.5) is 0 Å². The number of Topliss-reactive ketones (excluding diaryl/α,β-unsaturated/α-hetero) is 1. The maximum absolute atomic E-state index is 12.1. The van der Waals surface area contributed by atoms with E-state index in [9.17, 15) is 14.7 Å². The monoisotopic (exact) mass is 337 g/mol. The first-order valence-electron chi connectivity index (χ1n) is 7.67. The zero-order chi connectivity index (χ0) is 18.1. The molecule has 7 nitrogen and oxygen atoms in total. The number of fused-ring (bicyclic) bond motifs is 1. The van der Waals surface area contributed by atoms with Gasteiger partial charge in [-0.15, -0.1) is 0 Å². The summed E-state index contributed by atoms with van der Waals surface area (Å²) in [6.07, 6.45) is 0.173. The molecule has 0 atom stereocenters. The number of carbonyl (C=O) groups is 2. The summed E-state index contributed by atoms with van der Waals surface area (Å²) in [5.74, 6) is -0.397. The number of carbonyl (C=O) groups excluding carboxylic acids is 2. The van der Waals surface area contributed by atoms with Crippen molar-refractivity contribution in [2.45, 2.75) is 45.3 Å². The van der Waals surface area contributed by atoms with Gasteiger partial charge >= 0.3 is 0 Å². The summed E-state index contributed by atoms with van der Waals surface area (Å²) in [4.78, 5) is 23.9. The topological polar surface area (TPSA) is 105 Å². The van der Waals surface area contributed by atoms with Gasteiger partial charge in [-0.2, -0.15) is 0 Å². The van der Waals surface area contributed by atoms with E-state index in [1.165, 1.54) is 12.1 Å². The molecule has 1 aliphatic rings. The number of aromatic hydroxyl groups is 1. The largest absolute Gasteiger partial charge is 0.507 e. The lowest BCUT2D eigenvalue weighted by Crippen LogP contribution is -2.48. The Balaban J connectivity index is 2.12. The van der Waals surface area contributed by atoms with Crippen LogP contribution in [0.2, 0.25) is 0 Å². The predicted molar refractivity (Wildman–Crippen MR) is 86.6 cm³/mol. The van der Waals surface area contributed by atoms with Crippen LogP contribution in [0.15, 0.2) is 12.1 Å². The van der Waals surface area contributed by atoms with Gasteiger partial charge in [-0.1, -0.05) is 0 Å². The van der Waals surface area contributed by atoms with Crippen molar-refractivity contribution >= 4 is 11.7 Å². The van der Waals surface area contributed by atoms with Crippen LogP contribution in [0, 0.1) is 0 Å². The fraction of sp³-hybridized carbons (Fsp3) is 0.529. The average Bonchev–Trinajstić information content (AvgIpc) is 2.42. The summed E-state index contributed by atoms with van der Waals surface area (Å²) in [6, 6.07) is 2.77. The number of hydrogen-bond donors (Lipinski definition) is 3. The van der Waals surface area contributed by atoms with Crippen molar-refractivity contribution in [3.8, 4) is 17.2 Å². The second-order valence-electron chi connectivity index (χ2n) is 7.16. The summed E-state index contributed by atoms with van der Waals surface area (Å²) in [6.45, 7) is 6.42. The lowest BCUT2D eigenvalue weighted by atomic mass is 9.92. The van der Waals surface area contributed by atoms with Crippen molar-refractivity contribution in [3.63, 3.8) is 0 Å². The quantitative estimate of drug-likeness (QED) is 0.750. The van der Waals surface area contributed by atoms with Crippen molar-refractivity contribution < 1.29 is 29.3 Å². The normalized spacial score (nSPS) is 16.1. The van der Waals surface area contributed by atoms with Gasteiger partial charge in [0.25, 0.3) is 5.91 Å². The number of amides is 1. The molecule has 24 heavy (non-hydrogen) atoms. The molecule has 7 heteroatoms.